The fraction of sp³-hybridized carbons (Fsp3) is 0.462. The molecule has 2 atom stereocenters. The molecule has 1 aliphatic rings. The van der Waals surface area contributed by atoms with Crippen molar-refractivity contribution in [3.8, 4) is 6.07 Å². The fourth-order valence-electron chi connectivity index (χ4n) is 1.99. The standard InChI is InChI=1S/C13H15ClN2O/c14-12-6-2-1-5-11(12)13(8-15)16-9-10-4-3-7-17-10/h1-2,5-6,10,13,16H,3-4,7,9H2. The number of benzene rings is 1. The van der Waals surface area contributed by atoms with Gasteiger partial charge in [-0.25, -0.2) is 0 Å². The third-order valence-corrected chi connectivity index (χ3v) is 3.26. The van der Waals surface area contributed by atoms with E-state index in [4.69, 9.17) is 21.6 Å². The van der Waals surface area contributed by atoms with Gasteiger partial charge in [-0.05, 0) is 18.9 Å². The van der Waals surface area contributed by atoms with Gasteiger partial charge < -0.3 is 4.74 Å². The SMILES string of the molecule is N#CC(NCC1CCCO1)c1ccccc1Cl. The Morgan fingerprint density at radius 2 is 2.35 bits per heavy atom. The van der Waals surface area contributed by atoms with Gasteiger partial charge in [-0.2, -0.15) is 5.26 Å². The first-order valence-electron chi connectivity index (χ1n) is 5.80. The Balaban J connectivity index is 1.97. The van der Waals surface area contributed by atoms with E-state index >= 15 is 0 Å². The average molecular weight is 251 g/mol. The largest absolute Gasteiger partial charge is 0.377 e. The molecule has 1 N–H and O–H groups in total. The summed E-state index contributed by atoms with van der Waals surface area (Å²) >= 11 is 6.07. The quantitative estimate of drug-likeness (QED) is 0.894. The maximum atomic E-state index is 9.17. The van der Waals surface area contributed by atoms with Crippen LogP contribution < -0.4 is 5.32 Å². The molecule has 0 bridgehead atoms. The highest BCUT2D eigenvalue weighted by atomic mass is 35.5. The zero-order chi connectivity index (χ0) is 12.1. The van der Waals surface area contributed by atoms with Gasteiger partial charge in [0.25, 0.3) is 0 Å². The van der Waals surface area contributed by atoms with Crippen molar-refractivity contribution in [2.45, 2.75) is 25.0 Å². The summed E-state index contributed by atoms with van der Waals surface area (Å²) in [5.41, 5.74) is 0.828. The van der Waals surface area contributed by atoms with Gasteiger partial charge >= 0.3 is 0 Å². The smallest absolute Gasteiger partial charge is 0.122 e. The van der Waals surface area contributed by atoms with E-state index in [0.717, 1.165) is 25.0 Å². The predicted octanol–water partition coefficient (Wildman–Crippen LogP) is 2.67. The van der Waals surface area contributed by atoms with Crippen molar-refractivity contribution in [3.63, 3.8) is 0 Å². The zero-order valence-corrected chi connectivity index (χ0v) is 10.3. The van der Waals surface area contributed by atoms with E-state index < -0.39 is 0 Å². The van der Waals surface area contributed by atoms with Gasteiger partial charge in [0.05, 0.1) is 12.2 Å². The van der Waals surface area contributed by atoms with Crippen molar-refractivity contribution >= 4 is 11.6 Å². The van der Waals surface area contributed by atoms with E-state index in [1.807, 2.05) is 18.2 Å². The first-order valence-corrected chi connectivity index (χ1v) is 6.18. The minimum atomic E-state index is -0.368. The summed E-state index contributed by atoms with van der Waals surface area (Å²) in [6, 6.07) is 9.29. The van der Waals surface area contributed by atoms with E-state index in [1.54, 1.807) is 6.07 Å². The summed E-state index contributed by atoms with van der Waals surface area (Å²) < 4.78 is 5.51. The highest BCUT2D eigenvalue weighted by Gasteiger charge is 2.19. The molecule has 1 saturated heterocycles. The Bertz CT molecular complexity index is 410. The van der Waals surface area contributed by atoms with Crippen molar-refractivity contribution in [2.75, 3.05) is 13.2 Å². The lowest BCUT2D eigenvalue weighted by Crippen LogP contribution is -2.29. The first-order chi connectivity index (χ1) is 8.31. The summed E-state index contributed by atoms with van der Waals surface area (Å²) in [7, 11) is 0. The summed E-state index contributed by atoms with van der Waals surface area (Å²) in [5.74, 6) is 0. The van der Waals surface area contributed by atoms with Gasteiger partial charge in [-0.3, -0.25) is 5.32 Å². The van der Waals surface area contributed by atoms with Crippen LogP contribution in [0.3, 0.4) is 0 Å². The van der Waals surface area contributed by atoms with Crippen LogP contribution in [0.1, 0.15) is 24.4 Å². The number of ether oxygens (including phenoxy) is 1. The van der Waals surface area contributed by atoms with Crippen molar-refractivity contribution in [1.82, 2.24) is 5.32 Å². The molecule has 0 aromatic heterocycles. The minimum absolute atomic E-state index is 0.230. The highest BCUT2D eigenvalue weighted by Crippen LogP contribution is 2.22. The predicted molar refractivity (Wildman–Crippen MR) is 66.8 cm³/mol. The first kappa shape index (κ1) is 12.4. The third-order valence-electron chi connectivity index (χ3n) is 2.92. The summed E-state index contributed by atoms with van der Waals surface area (Å²) in [4.78, 5) is 0. The lowest BCUT2D eigenvalue weighted by atomic mass is 10.1. The Kier molecular flexibility index (Phi) is 4.38. The molecule has 1 fully saturated rings. The molecular weight excluding hydrogens is 236 g/mol. The molecule has 0 spiro atoms. The number of rotatable bonds is 4. The Morgan fingerprint density at radius 3 is 3.00 bits per heavy atom. The zero-order valence-electron chi connectivity index (χ0n) is 9.53. The number of nitrogens with zero attached hydrogens (tertiary/aromatic N) is 1. The lowest BCUT2D eigenvalue weighted by molar-refractivity contribution is 0.109. The van der Waals surface area contributed by atoms with Crippen LogP contribution in [0, 0.1) is 11.3 Å². The second-order valence-corrected chi connectivity index (χ2v) is 4.53. The maximum Gasteiger partial charge on any atom is 0.122 e. The number of nitriles is 1. The molecule has 2 rings (SSSR count). The van der Waals surface area contributed by atoms with Crippen LogP contribution in [0.4, 0.5) is 0 Å². The highest BCUT2D eigenvalue weighted by molar-refractivity contribution is 6.31. The molecule has 1 heterocycles. The van der Waals surface area contributed by atoms with E-state index in [0.29, 0.717) is 11.6 Å². The summed E-state index contributed by atoms with van der Waals surface area (Å²) in [5, 5.41) is 13.0. The lowest BCUT2D eigenvalue weighted by Gasteiger charge is -2.16. The number of halogens is 1. The van der Waals surface area contributed by atoms with E-state index in [-0.39, 0.29) is 12.1 Å². The molecule has 90 valence electrons. The second kappa shape index (κ2) is 6.02. The Morgan fingerprint density at radius 1 is 1.53 bits per heavy atom. The van der Waals surface area contributed by atoms with Crippen molar-refractivity contribution < 1.29 is 4.74 Å². The average Bonchev–Trinajstić information content (AvgIpc) is 2.85. The van der Waals surface area contributed by atoms with Gasteiger partial charge in [0.2, 0.25) is 0 Å². The maximum absolute atomic E-state index is 9.17. The minimum Gasteiger partial charge on any atom is -0.377 e. The van der Waals surface area contributed by atoms with Crippen LogP contribution in [0.5, 0.6) is 0 Å². The summed E-state index contributed by atoms with van der Waals surface area (Å²) in [6.45, 7) is 1.53. The van der Waals surface area contributed by atoms with E-state index in [2.05, 4.69) is 11.4 Å². The van der Waals surface area contributed by atoms with Crippen LogP contribution >= 0.6 is 11.6 Å². The van der Waals surface area contributed by atoms with Crippen LogP contribution in [0.25, 0.3) is 0 Å². The van der Waals surface area contributed by atoms with E-state index in [1.165, 1.54) is 0 Å². The van der Waals surface area contributed by atoms with Crippen molar-refractivity contribution in [2.24, 2.45) is 0 Å². The van der Waals surface area contributed by atoms with Crippen molar-refractivity contribution in [3.05, 3.63) is 34.9 Å². The fourth-order valence-corrected chi connectivity index (χ4v) is 2.23. The molecule has 17 heavy (non-hydrogen) atoms. The van der Waals surface area contributed by atoms with Gasteiger partial charge in [-0.15, -0.1) is 0 Å². The molecule has 4 heteroatoms. The van der Waals surface area contributed by atoms with Crippen molar-refractivity contribution in [1.29, 1.82) is 5.26 Å². The molecular formula is C13H15ClN2O. The molecule has 1 aromatic rings. The molecule has 0 aliphatic carbocycles. The summed E-state index contributed by atoms with van der Waals surface area (Å²) in [6.07, 6.45) is 2.40. The van der Waals surface area contributed by atoms with Crippen LogP contribution in [0.2, 0.25) is 5.02 Å². The molecule has 1 aromatic carbocycles. The van der Waals surface area contributed by atoms with Crippen LogP contribution in [0.15, 0.2) is 24.3 Å². The van der Waals surface area contributed by atoms with Crippen LogP contribution in [-0.2, 0) is 4.74 Å². The molecule has 0 saturated carbocycles. The van der Waals surface area contributed by atoms with Gasteiger partial charge in [0.1, 0.15) is 6.04 Å². The van der Waals surface area contributed by atoms with Gasteiger partial charge in [0.15, 0.2) is 0 Å². The number of hydrogen-bond acceptors (Lipinski definition) is 3. The molecule has 1 aliphatic heterocycles. The van der Waals surface area contributed by atoms with Crippen LogP contribution in [-0.4, -0.2) is 19.3 Å². The Labute approximate surface area is 106 Å². The third kappa shape index (κ3) is 3.19. The van der Waals surface area contributed by atoms with Gasteiger partial charge in [0, 0.05) is 23.7 Å². The Hall–Kier alpha value is -1.08. The van der Waals surface area contributed by atoms with E-state index in [9.17, 15) is 0 Å². The monoisotopic (exact) mass is 250 g/mol. The number of hydrogen-bond donors (Lipinski definition) is 1. The molecule has 0 radical (unpaired) electrons. The number of nitrogens with one attached hydrogen (secondary N) is 1. The van der Waals surface area contributed by atoms with Gasteiger partial charge in [-0.1, -0.05) is 29.8 Å². The topological polar surface area (TPSA) is 45.0 Å². The molecule has 3 nitrogen and oxygen atoms in total. The molecule has 2 unspecified atom stereocenters. The normalized spacial score (nSPS) is 21.1. The second-order valence-electron chi connectivity index (χ2n) is 4.13. The molecule has 0 amide bonds.